The maximum atomic E-state index is 12.5. The van der Waals surface area contributed by atoms with E-state index in [4.69, 9.17) is 16.7 Å². The normalized spacial score (nSPS) is 23.0. The number of likely N-dealkylation sites (N-methyl/N-ethyl adjacent to an activating group) is 2. The average Bonchev–Trinajstić information content (AvgIpc) is 2.87. The second-order valence-electron chi connectivity index (χ2n) is 5.24. The van der Waals surface area contributed by atoms with Gasteiger partial charge in [0.25, 0.3) is 5.91 Å². The lowest BCUT2D eigenvalue weighted by Crippen LogP contribution is -2.62. The summed E-state index contributed by atoms with van der Waals surface area (Å²) in [6.45, 7) is 2.62. The highest BCUT2D eigenvalue weighted by Crippen LogP contribution is 2.19. The fourth-order valence-electron chi connectivity index (χ4n) is 2.44. The summed E-state index contributed by atoms with van der Waals surface area (Å²) in [4.78, 5) is 31.3. The summed E-state index contributed by atoms with van der Waals surface area (Å²) in [6, 6.07) is -1.08. The highest BCUT2D eigenvalue weighted by Gasteiger charge is 2.51. The molecule has 0 aliphatic carbocycles. The number of carbonyl (C=O) groups is 2. The number of hydrogen-bond donors (Lipinski definition) is 2. The van der Waals surface area contributed by atoms with E-state index in [9.17, 15) is 9.59 Å². The van der Waals surface area contributed by atoms with Crippen molar-refractivity contribution in [3.05, 3.63) is 0 Å². The van der Waals surface area contributed by atoms with Crippen molar-refractivity contribution in [2.75, 3.05) is 33.8 Å². The van der Waals surface area contributed by atoms with Gasteiger partial charge in [-0.15, -0.1) is 11.6 Å². The van der Waals surface area contributed by atoms with Crippen LogP contribution in [0.5, 0.6) is 0 Å². The molecule has 1 fully saturated rings. The Bertz CT molecular complexity index is 548. The summed E-state index contributed by atoms with van der Waals surface area (Å²) in [5, 5.41) is 11.8. The van der Waals surface area contributed by atoms with Crippen LogP contribution in [0.15, 0.2) is 4.99 Å². The van der Waals surface area contributed by atoms with Gasteiger partial charge < -0.3 is 5.11 Å². The Morgan fingerprint density at radius 2 is 2.09 bits per heavy atom. The highest BCUT2D eigenvalue weighted by atomic mass is 35.5. The van der Waals surface area contributed by atoms with Gasteiger partial charge in [0.05, 0.1) is 25.1 Å². The molecule has 2 unspecified atom stereocenters. The second kappa shape index (κ2) is 6.62. The number of guanidine groups is 1. The van der Waals surface area contributed by atoms with Gasteiger partial charge in [-0.3, -0.25) is 19.9 Å². The number of carbonyl (C=O) groups excluding carboxylic acids is 2. The smallest absolute Gasteiger partial charge is 0.390 e. The van der Waals surface area contributed by atoms with Crippen molar-refractivity contribution in [3.8, 4) is 0 Å². The summed E-state index contributed by atoms with van der Waals surface area (Å²) < 4.78 is 1.76. The van der Waals surface area contributed by atoms with Gasteiger partial charge in [-0.05, 0) is 6.42 Å². The zero-order valence-electron chi connectivity index (χ0n) is 12.9. The lowest BCUT2D eigenvalue weighted by atomic mass is 10.1. The van der Waals surface area contributed by atoms with Crippen LogP contribution in [0.25, 0.3) is 0 Å². The van der Waals surface area contributed by atoms with Gasteiger partial charge in [0.2, 0.25) is 11.9 Å². The van der Waals surface area contributed by atoms with Crippen molar-refractivity contribution in [1.82, 2.24) is 15.1 Å². The molecule has 3 amide bonds. The zero-order chi connectivity index (χ0) is 16.4. The Kier molecular flexibility index (Phi) is 5.02. The minimum Gasteiger partial charge on any atom is -0.393 e. The molecule has 0 aromatic carbocycles. The maximum absolute atomic E-state index is 12.5. The Morgan fingerprint density at radius 1 is 1.41 bits per heavy atom. The summed E-state index contributed by atoms with van der Waals surface area (Å²) in [6.07, 6.45) is 0.742. The predicted molar refractivity (Wildman–Crippen MR) is 82.3 cm³/mol. The fraction of sp³-hybridized carbons (Fsp3) is 0.692. The highest BCUT2D eigenvalue weighted by molar-refractivity contribution is 6.23. The molecular formula is C13H21ClN5O3+. The summed E-state index contributed by atoms with van der Waals surface area (Å²) in [5.41, 5.74) is 0. The number of fused-ring (bicyclic) bond motifs is 1. The maximum Gasteiger partial charge on any atom is 0.390 e. The molecule has 9 heteroatoms. The number of imide groups is 1. The summed E-state index contributed by atoms with van der Waals surface area (Å²) >= 11 is 6.24. The third-order valence-electron chi connectivity index (χ3n) is 3.76. The van der Waals surface area contributed by atoms with Crippen molar-refractivity contribution >= 4 is 35.3 Å². The van der Waals surface area contributed by atoms with Crippen LogP contribution < -0.4 is 5.32 Å². The van der Waals surface area contributed by atoms with E-state index in [2.05, 4.69) is 10.3 Å². The van der Waals surface area contributed by atoms with Crippen LogP contribution in [0.2, 0.25) is 0 Å². The molecule has 2 N–H and O–H groups in total. The quantitative estimate of drug-likeness (QED) is 0.513. The fourth-order valence-corrected chi connectivity index (χ4v) is 2.59. The molecule has 2 atom stereocenters. The van der Waals surface area contributed by atoms with Gasteiger partial charge in [0.1, 0.15) is 0 Å². The molecule has 0 aromatic rings. The number of halogens is 1. The number of hydrogen-bond acceptors (Lipinski definition) is 5. The third-order valence-corrected chi connectivity index (χ3v) is 4.21. The lowest BCUT2D eigenvalue weighted by Gasteiger charge is -2.32. The van der Waals surface area contributed by atoms with E-state index in [1.807, 2.05) is 6.92 Å². The first kappa shape index (κ1) is 16.7. The Morgan fingerprint density at radius 3 is 2.68 bits per heavy atom. The van der Waals surface area contributed by atoms with E-state index in [0.29, 0.717) is 24.9 Å². The largest absolute Gasteiger partial charge is 0.393 e. The molecule has 1 saturated heterocycles. The molecule has 0 spiro atoms. The topological polar surface area (TPSA) is 88.2 Å². The molecule has 2 aliphatic rings. The molecule has 2 aliphatic heterocycles. The number of amidine groups is 1. The molecule has 122 valence electrons. The van der Waals surface area contributed by atoms with E-state index < -0.39 is 12.1 Å². The number of aliphatic imine (C=N–C) groups is 1. The predicted octanol–water partition coefficient (Wildman–Crippen LogP) is -0.741. The summed E-state index contributed by atoms with van der Waals surface area (Å²) in [5.74, 6) is 0.507. The zero-order valence-corrected chi connectivity index (χ0v) is 13.7. The van der Waals surface area contributed by atoms with Crippen molar-refractivity contribution < 1.29 is 19.3 Å². The van der Waals surface area contributed by atoms with Gasteiger partial charge in [0, 0.05) is 14.1 Å². The van der Waals surface area contributed by atoms with Gasteiger partial charge >= 0.3 is 12.0 Å². The minimum absolute atomic E-state index is 0.0619. The first-order valence-electron chi connectivity index (χ1n) is 7.18. The third kappa shape index (κ3) is 2.80. The minimum atomic E-state index is -0.665. The van der Waals surface area contributed by atoms with Crippen LogP contribution in [0.4, 0.5) is 4.79 Å². The van der Waals surface area contributed by atoms with E-state index in [1.165, 1.54) is 11.9 Å². The van der Waals surface area contributed by atoms with Crippen LogP contribution in [-0.4, -0.2) is 88.4 Å². The molecular weight excluding hydrogens is 310 g/mol. The van der Waals surface area contributed by atoms with E-state index >= 15 is 0 Å². The average molecular weight is 331 g/mol. The first-order valence-corrected chi connectivity index (χ1v) is 7.62. The molecule has 0 radical (unpaired) electrons. The van der Waals surface area contributed by atoms with E-state index in [0.717, 1.165) is 11.3 Å². The van der Waals surface area contributed by atoms with Crippen molar-refractivity contribution in [1.29, 1.82) is 0 Å². The molecule has 0 saturated carbocycles. The summed E-state index contributed by atoms with van der Waals surface area (Å²) in [7, 11) is 3.04. The number of aliphatic hydroxyl groups excluding tert-OH is 1. The molecule has 0 aromatic heterocycles. The van der Waals surface area contributed by atoms with E-state index in [1.54, 1.807) is 11.6 Å². The van der Waals surface area contributed by atoms with Gasteiger partial charge in [-0.2, -0.15) is 0 Å². The number of aliphatic hydroxyl groups is 1. The molecule has 8 nitrogen and oxygen atoms in total. The SMILES string of the molecule is CCC(Cl)C[N+]1=C(NCCO)N=C2C1C(=O)N(C)C(=O)N2C. The van der Waals surface area contributed by atoms with E-state index in [-0.39, 0.29) is 17.9 Å². The van der Waals surface area contributed by atoms with Crippen LogP contribution in [-0.2, 0) is 4.79 Å². The second-order valence-corrected chi connectivity index (χ2v) is 5.86. The van der Waals surface area contributed by atoms with Gasteiger partial charge in [0.15, 0.2) is 0 Å². The van der Waals surface area contributed by atoms with Crippen molar-refractivity contribution in [2.45, 2.75) is 24.8 Å². The number of rotatable bonds is 5. The first-order chi connectivity index (χ1) is 10.4. The number of nitrogens with zero attached hydrogens (tertiary/aromatic N) is 4. The van der Waals surface area contributed by atoms with Gasteiger partial charge in [-0.25, -0.2) is 9.37 Å². The number of urea groups is 1. The molecule has 2 rings (SSSR count). The number of nitrogens with one attached hydrogen (secondary N) is 1. The monoisotopic (exact) mass is 330 g/mol. The van der Waals surface area contributed by atoms with Crippen molar-refractivity contribution in [2.24, 2.45) is 4.99 Å². The lowest BCUT2D eigenvalue weighted by molar-refractivity contribution is -0.536. The van der Waals surface area contributed by atoms with Gasteiger partial charge in [-0.1, -0.05) is 11.9 Å². The van der Waals surface area contributed by atoms with Crippen LogP contribution in [0, 0.1) is 0 Å². The molecule has 22 heavy (non-hydrogen) atoms. The standard InChI is InChI=1S/C13H20ClN5O3/c1-4-8(14)7-19-9-10(16-12(19)15-5-6-20)17(2)13(22)18(3)11(9)21/h8-9,20H,4-7H2,1-3H3/p+1. The molecule has 0 bridgehead atoms. The van der Waals surface area contributed by atoms with Crippen molar-refractivity contribution in [3.63, 3.8) is 0 Å². The number of amides is 3. The van der Waals surface area contributed by atoms with Crippen LogP contribution in [0.1, 0.15) is 13.3 Å². The number of alkyl halides is 1. The molecule has 2 heterocycles. The van der Waals surface area contributed by atoms with Crippen LogP contribution in [0.3, 0.4) is 0 Å². The Labute approximate surface area is 134 Å². The van der Waals surface area contributed by atoms with Crippen LogP contribution >= 0.6 is 11.6 Å². The Hall–Kier alpha value is -1.67. The Balaban J connectivity index is 2.38.